The van der Waals surface area contributed by atoms with Crippen LogP contribution in [0.25, 0.3) is 11.3 Å². The minimum absolute atomic E-state index is 0.524. The lowest BCUT2D eigenvalue weighted by Crippen LogP contribution is -2.02. The van der Waals surface area contributed by atoms with E-state index < -0.39 is 0 Å². The summed E-state index contributed by atoms with van der Waals surface area (Å²) >= 11 is 11.9. The molecule has 0 spiro atoms. The fraction of sp³-hybridized carbons (Fsp3) is 0.231. The van der Waals surface area contributed by atoms with Crippen LogP contribution in [0, 0.1) is 0 Å². The van der Waals surface area contributed by atoms with Gasteiger partial charge in [-0.05, 0) is 18.6 Å². The lowest BCUT2D eigenvalue weighted by Gasteiger charge is -2.06. The first kappa shape index (κ1) is 13.1. The zero-order chi connectivity index (χ0) is 13.0. The molecule has 0 aliphatic rings. The van der Waals surface area contributed by atoms with Crippen LogP contribution in [0.5, 0.6) is 0 Å². The molecule has 5 heteroatoms. The Morgan fingerprint density at radius 2 is 1.94 bits per heavy atom. The maximum Gasteiger partial charge on any atom is 0.129 e. The second-order valence-electron chi connectivity index (χ2n) is 3.84. The summed E-state index contributed by atoms with van der Waals surface area (Å²) in [7, 11) is 0. The molecule has 1 heterocycles. The van der Waals surface area contributed by atoms with Gasteiger partial charge in [-0.15, -0.1) is 0 Å². The van der Waals surface area contributed by atoms with Gasteiger partial charge in [0, 0.05) is 18.2 Å². The predicted octanol–water partition coefficient (Wildman–Crippen LogP) is 4.27. The molecular weight excluding hydrogens is 269 g/mol. The molecule has 1 aromatic heterocycles. The molecule has 0 fully saturated rings. The summed E-state index contributed by atoms with van der Waals surface area (Å²) in [5.74, 6) is 0.813. The average Bonchev–Trinajstić information content (AvgIpc) is 2.40. The van der Waals surface area contributed by atoms with Crippen LogP contribution >= 0.6 is 23.2 Å². The molecule has 0 unspecified atom stereocenters. The van der Waals surface area contributed by atoms with Crippen molar-refractivity contribution in [2.45, 2.75) is 13.3 Å². The van der Waals surface area contributed by atoms with Crippen LogP contribution in [0.3, 0.4) is 0 Å². The van der Waals surface area contributed by atoms with Crippen molar-refractivity contribution in [1.29, 1.82) is 0 Å². The molecule has 0 aliphatic carbocycles. The second kappa shape index (κ2) is 6.03. The Morgan fingerprint density at radius 3 is 2.67 bits per heavy atom. The van der Waals surface area contributed by atoms with E-state index in [1.165, 1.54) is 6.33 Å². The fourth-order valence-corrected chi connectivity index (χ4v) is 1.82. The molecule has 94 valence electrons. The lowest BCUT2D eigenvalue weighted by molar-refractivity contribution is 0.965. The lowest BCUT2D eigenvalue weighted by atomic mass is 10.1. The summed E-state index contributed by atoms with van der Waals surface area (Å²) in [6.07, 6.45) is 2.59. The summed E-state index contributed by atoms with van der Waals surface area (Å²) in [6, 6.07) is 7.35. The Bertz CT molecular complexity index is 544. The van der Waals surface area contributed by atoms with Crippen molar-refractivity contribution in [2.24, 2.45) is 0 Å². The van der Waals surface area contributed by atoms with Gasteiger partial charge in [-0.3, -0.25) is 0 Å². The van der Waals surface area contributed by atoms with Gasteiger partial charge < -0.3 is 5.32 Å². The van der Waals surface area contributed by atoms with E-state index in [1.54, 1.807) is 12.1 Å². The zero-order valence-corrected chi connectivity index (χ0v) is 11.5. The number of anilines is 1. The van der Waals surface area contributed by atoms with Crippen LogP contribution in [-0.2, 0) is 0 Å². The molecule has 0 saturated carbocycles. The first-order chi connectivity index (χ1) is 8.70. The number of nitrogens with one attached hydrogen (secondary N) is 1. The summed E-state index contributed by atoms with van der Waals surface area (Å²) < 4.78 is 0. The predicted molar refractivity (Wildman–Crippen MR) is 76.3 cm³/mol. The maximum atomic E-state index is 6.00. The van der Waals surface area contributed by atoms with Crippen molar-refractivity contribution in [3.63, 3.8) is 0 Å². The molecule has 1 aromatic carbocycles. The van der Waals surface area contributed by atoms with Gasteiger partial charge in [0.2, 0.25) is 0 Å². The van der Waals surface area contributed by atoms with Gasteiger partial charge in [0.15, 0.2) is 0 Å². The Labute approximate surface area is 116 Å². The van der Waals surface area contributed by atoms with Gasteiger partial charge in [-0.1, -0.05) is 36.2 Å². The number of nitrogens with zero attached hydrogens (tertiary/aromatic N) is 2. The third-order valence-electron chi connectivity index (χ3n) is 2.44. The van der Waals surface area contributed by atoms with E-state index in [2.05, 4.69) is 22.2 Å². The Balaban J connectivity index is 2.29. The first-order valence-electron chi connectivity index (χ1n) is 5.72. The highest BCUT2D eigenvalue weighted by molar-refractivity contribution is 6.42. The van der Waals surface area contributed by atoms with Crippen LogP contribution in [0.1, 0.15) is 13.3 Å². The minimum Gasteiger partial charge on any atom is -0.370 e. The molecular formula is C13H13Cl2N3. The molecule has 1 N–H and O–H groups in total. The summed E-state index contributed by atoms with van der Waals surface area (Å²) in [5.41, 5.74) is 1.74. The van der Waals surface area contributed by atoms with E-state index in [0.29, 0.717) is 10.0 Å². The van der Waals surface area contributed by atoms with E-state index >= 15 is 0 Å². The van der Waals surface area contributed by atoms with Gasteiger partial charge in [-0.2, -0.15) is 0 Å². The standard InChI is InChI=1S/C13H13Cl2N3/c1-2-5-16-13-7-12(17-8-18-13)9-3-4-10(14)11(15)6-9/h3-4,6-8H,2,5H2,1H3,(H,16,17,18). The largest absolute Gasteiger partial charge is 0.370 e. The molecule has 3 nitrogen and oxygen atoms in total. The normalized spacial score (nSPS) is 10.4. The van der Waals surface area contributed by atoms with Gasteiger partial charge in [-0.25, -0.2) is 9.97 Å². The molecule has 18 heavy (non-hydrogen) atoms. The van der Waals surface area contributed by atoms with Crippen molar-refractivity contribution >= 4 is 29.0 Å². The monoisotopic (exact) mass is 281 g/mol. The maximum absolute atomic E-state index is 6.00. The van der Waals surface area contributed by atoms with Gasteiger partial charge in [0.1, 0.15) is 12.1 Å². The third kappa shape index (κ3) is 3.12. The van der Waals surface area contributed by atoms with Crippen LogP contribution in [-0.4, -0.2) is 16.5 Å². The summed E-state index contributed by atoms with van der Waals surface area (Å²) in [6.45, 7) is 2.99. The number of hydrogen-bond donors (Lipinski definition) is 1. The smallest absolute Gasteiger partial charge is 0.129 e. The molecule has 0 radical (unpaired) electrons. The van der Waals surface area contributed by atoms with Crippen molar-refractivity contribution < 1.29 is 0 Å². The second-order valence-corrected chi connectivity index (χ2v) is 4.66. The zero-order valence-electron chi connectivity index (χ0n) is 9.95. The number of benzene rings is 1. The highest BCUT2D eigenvalue weighted by Crippen LogP contribution is 2.27. The molecule has 0 aliphatic heterocycles. The van der Waals surface area contributed by atoms with E-state index in [0.717, 1.165) is 30.0 Å². The van der Waals surface area contributed by atoms with Crippen molar-refractivity contribution in [3.8, 4) is 11.3 Å². The van der Waals surface area contributed by atoms with Gasteiger partial charge in [0.25, 0.3) is 0 Å². The van der Waals surface area contributed by atoms with Crippen LogP contribution in [0.4, 0.5) is 5.82 Å². The van der Waals surface area contributed by atoms with Gasteiger partial charge in [0.05, 0.1) is 15.7 Å². The molecule has 0 saturated heterocycles. The molecule has 0 atom stereocenters. The van der Waals surface area contributed by atoms with Crippen molar-refractivity contribution in [1.82, 2.24) is 9.97 Å². The van der Waals surface area contributed by atoms with Crippen molar-refractivity contribution in [2.75, 3.05) is 11.9 Å². The van der Waals surface area contributed by atoms with E-state index in [-0.39, 0.29) is 0 Å². The number of halogens is 2. The van der Waals surface area contributed by atoms with Crippen LogP contribution < -0.4 is 5.32 Å². The Kier molecular flexibility index (Phi) is 4.39. The minimum atomic E-state index is 0.524. The SMILES string of the molecule is CCCNc1cc(-c2ccc(Cl)c(Cl)c2)ncn1. The number of rotatable bonds is 4. The van der Waals surface area contributed by atoms with E-state index in [4.69, 9.17) is 23.2 Å². The fourth-order valence-electron chi connectivity index (χ4n) is 1.52. The highest BCUT2D eigenvalue weighted by atomic mass is 35.5. The Morgan fingerprint density at radius 1 is 1.11 bits per heavy atom. The number of aromatic nitrogens is 2. The highest BCUT2D eigenvalue weighted by Gasteiger charge is 2.04. The quantitative estimate of drug-likeness (QED) is 0.909. The van der Waals surface area contributed by atoms with Crippen LogP contribution in [0.2, 0.25) is 10.0 Å². The van der Waals surface area contributed by atoms with Gasteiger partial charge >= 0.3 is 0 Å². The summed E-state index contributed by atoms with van der Waals surface area (Å²) in [5, 5.41) is 4.28. The number of hydrogen-bond acceptors (Lipinski definition) is 3. The molecule has 2 aromatic rings. The Hall–Kier alpha value is -1.32. The first-order valence-corrected chi connectivity index (χ1v) is 6.47. The third-order valence-corrected chi connectivity index (χ3v) is 3.18. The van der Waals surface area contributed by atoms with Crippen molar-refractivity contribution in [3.05, 3.63) is 40.6 Å². The molecule has 0 amide bonds. The molecule has 2 rings (SSSR count). The van der Waals surface area contributed by atoms with E-state index in [1.807, 2.05) is 12.1 Å². The summed E-state index contributed by atoms with van der Waals surface area (Å²) in [4.78, 5) is 8.40. The molecule has 0 bridgehead atoms. The van der Waals surface area contributed by atoms with Crippen LogP contribution in [0.15, 0.2) is 30.6 Å². The topological polar surface area (TPSA) is 37.8 Å². The van der Waals surface area contributed by atoms with E-state index in [9.17, 15) is 0 Å². The average molecular weight is 282 g/mol.